The molecule has 5 rings (SSSR count). The van der Waals surface area contributed by atoms with Gasteiger partial charge >= 0.3 is 0 Å². The summed E-state index contributed by atoms with van der Waals surface area (Å²) in [6, 6.07) is 19.9. The maximum absolute atomic E-state index is 14.6. The number of nitrogens with one attached hydrogen (secondary N) is 2. The van der Waals surface area contributed by atoms with Crippen LogP contribution in [-0.4, -0.2) is 25.4 Å². The van der Waals surface area contributed by atoms with Gasteiger partial charge in [0.1, 0.15) is 18.1 Å². The van der Waals surface area contributed by atoms with Crippen molar-refractivity contribution in [2.24, 2.45) is 0 Å². The molecule has 1 amide bonds. The number of carbonyl (C=O) groups is 1. The number of rotatable bonds is 9. The van der Waals surface area contributed by atoms with E-state index in [0.717, 1.165) is 29.4 Å². The van der Waals surface area contributed by atoms with Gasteiger partial charge in [-0.2, -0.15) is 0 Å². The first-order chi connectivity index (χ1) is 18.1. The van der Waals surface area contributed by atoms with E-state index in [0.29, 0.717) is 12.1 Å². The molecule has 8 heteroatoms. The van der Waals surface area contributed by atoms with Crippen molar-refractivity contribution < 1.29 is 9.18 Å². The monoisotopic (exact) mass is 495 g/mol. The van der Waals surface area contributed by atoms with Crippen molar-refractivity contribution in [3.8, 4) is 11.3 Å². The summed E-state index contributed by atoms with van der Waals surface area (Å²) in [4.78, 5) is 38.1. The number of hydrogen-bond donors (Lipinski definition) is 2. The number of nitrogens with zero attached hydrogens (tertiary/aromatic N) is 3. The SMILES string of the molecule is O=C(Cn1c(-c2ccccc2F)cnc(CCCc2ccccc2)c1=O)NCc1cc2cnccc2[nH]1. The lowest BCUT2D eigenvalue weighted by atomic mass is 10.1. The Bertz CT molecular complexity index is 1560. The zero-order chi connectivity index (χ0) is 25.6. The molecule has 3 aromatic heterocycles. The van der Waals surface area contributed by atoms with Crippen LogP contribution in [0.25, 0.3) is 22.2 Å². The highest BCUT2D eigenvalue weighted by atomic mass is 19.1. The van der Waals surface area contributed by atoms with E-state index in [1.54, 1.807) is 30.6 Å². The van der Waals surface area contributed by atoms with Crippen LogP contribution in [0.3, 0.4) is 0 Å². The molecule has 0 saturated carbocycles. The molecule has 0 fully saturated rings. The molecule has 0 spiro atoms. The molecule has 0 radical (unpaired) electrons. The minimum Gasteiger partial charge on any atom is -0.357 e. The van der Waals surface area contributed by atoms with Crippen molar-refractivity contribution in [1.82, 2.24) is 24.8 Å². The van der Waals surface area contributed by atoms with E-state index in [1.165, 1.54) is 22.4 Å². The van der Waals surface area contributed by atoms with Crippen LogP contribution in [0.4, 0.5) is 4.39 Å². The van der Waals surface area contributed by atoms with Gasteiger partial charge in [0.2, 0.25) is 5.91 Å². The van der Waals surface area contributed by atoms with Crippen molar-refractivity contribution in [2.45, 2.75) is 32.4 Å². The van der Waals surface area contributed by atoms with Gasteiger partial charge in [-0.05, 0) is 49.1 Å². The van der Waals surface area contributed by atoms with Crippen molar-refractivity contribution in [2.75, 3.05) is 0 Å². The van der Waals surface area contributed by atoms with E-state index in [1.807, 2.05) is 42.5 Å². The number of aromatic nitrogens is 4. The van der Waals surface area contributed by atoms with Gasteiger partial charge in [-0.15, -0.1) is 0 Å². The van der Waals surface area contributed by atoms with Crippen LogP contribution in [0, 0.1) is 5.82 Å². The lowest BCUT2D eigenvalue weighted by Gasteiger charge is -2.15. The number of H-pyrrole nitrogens is 1. The van der Waals surface area contributed by atoms with Crippen LogP contribution in [0.1, 0.15) is 23.4 Å². The quantitative estimate of drug-likeness (QED) is 0.317. The Labute approximate surface area is 213 Å². The minimum absolute atomic E-state index is 0.221. The minimum atomic E-state index is -0.485. The zero-order valence-corrected chi connectivity index (χ0v) is 20.2. The van der Waals surface area contributed by atoms with Crippen molar-refractivity contribution in [1.29, 1.82) is 0 Å². The highest BCUT2D eigenvalue weighted by molar-refractivity contribution is 5.80. The third-order valence-electron chi connectivity index (χ3n) is 6.25. The first-order valence-corrected chi connectivity index (χ1v) is 12.1. The van der Waals surface area contributed by atoms with Crippen molar-refractivity contribution in [3.63, 3.8) is 0 Å². The first kappa shape index (κ1) is 24.1. The second kappa shape index (κ2) is 11.0. The zero-order valence-electron chi connectivity index (χ0n) is 20.2. The molecule has 0 aliphatic carbocycles. The second-order valence-corrected chi connectivity index (χ2v) is 8.83. The van der Waals surface area contributed by atoms with Gasteiger partial charge in [0, 0.05) is 34.6 Å². The summed E-state index contributed by atoms with van der Waals surface area (Å²) in [6.07, 6.45) is 6.91. The van der Waals surface area contributed by atoms with Gasteiger partial charge in [-0.3, -0.25) is 24.1 Å². The van der Waals surface area contributed by atoms with Crippen LogP contribution in [-0.2, 0) is 30.7 Å². The van der Waals surface area contributed by atoms with Crippen molar-refractivity contribution >= 4 is 16.8 Å². The number of amides is 1. The third-order valence-corrected chi connectivity index (χ3v) is 6.25. The summed E-state index contributed by atoms with van der Waals surface area (Å²) in [6.45, 7) is 0.00476. The summed E-state index contributed by atoms with van der Waals surface area (Å²) in [5, 5.41) is 3.79. The first-order valence-electron chi connectivity index (χ1n) is 12.1. The molecule has 2 aromatic carbocycles. The van der Waals surface area contributed by atoms with Crippen LogP contribution in [0.5, 0.6) is 0 Å². The molecule has 0 unspecified atom stereocenters. The van der Waals surface area contributed by atoms with Crippen LogP contribution >= 0.6 is 0 Å². The second-order valence-electron chi connectivity index (χ2n) is 8.83. The number of halogens is 1. The largest absolute Gasteiger partial charge is 0.357 e. The van der Waals surface area contributed by atoms with E-state index in [9.17, 15) is 14.0 Å². The highest BCUT2D eigenvalue weighted by Crippen LogP contribution is 2.21. The summed E-state index contributed by atoms with van der Waals surface area (Å²) in [7, 11) is 0. The predicted octanol–water partition coefficient (Wildman–Crippen LogP) is 4.42. The molecule has 186 valence electrons. The van der Waals surface area contributed by atoms with Gasteiger partial charge in [0.05, 0.1) is 18.4 Å². The Morgan fingerprint density at radius 3 is 2.62 bits per heavy atom. The number of aromatic amines is 1. The Balaban J connectivity index is 1.36. The summed E-state index contributed by atoms with van der Waals surface area (Å²) < 4.78 is 15.9. The van der Waals surface area contributed by atoms with Crippen molar-refractivity contribution in [3.05, 3.63) is 118 Å². The topological polar surface area (TPSA) is 92.7 Å². The van der Waals surface area contributed by atoms with E-state index in [4.69, 9.17) is 0 Å². The van der Waals surface area contributed by atoms with Crippen LogP contribution in [0.2, 0.25) is 0 Å². The molecule has 0 atom stereocenters. The van der Waals surface area contributed by atoms with E-state index >= 15 is 0 Å². The van der Waals surface area contributed by atoms with Crippen LogP contribution in [0.15, 0.2) is 90.1 Å². The number of benzene rings is 2. The normalized spacial score (nSPS) is 11.1. The van der Waals surface area contributed by atoms with Gasteiger partial charge in [-0.25, -0.2) is 4.39 Å². The molecule has 0 aliphatic rings. The van der Waals surface area contributed by atoms with E-state index in [-0.39, 0.29) is 35.8 Å². The molecular formula is C29H26FN5O2. The predicted molar refractivity (Wildman–Crippen MR) is 140 cm³/mol. The smallest absolute Gasteiger partial charge is 0.273 e. The van der Waals surface area contributed by atoms with Gasteiger partial charge in [0.15, 0.2) is 0 Å². The van der Waals surface area contributed by atoms with E-state index < -0.39 is 5.82 Å². The number of hydrogen-bond acceptors (Lipinski definition) is 4. The maximum atomic E-state index is 14.6. The van der Waals surface area contributed by atoms with Gasteiger partial charge in [-0.1, -0.05) is 42.5 Å². The highest BCUT2D eigenvalue weighted by Gasteiger charge is 2.17. The molecular weight excluding hydrogens is 469 g/mol. The average molecular weight is 496 g/mol. The third kappa shape index (κ3) is 5.64. The summed E-state index contributed by atoms with van der Waals surface area (Å²) >= 11 is 0. The Kier molecular flexibility index (Phi) is 7.16. The Morgan fingerprint density at radius 2 is 1.81 bits per heavy atom. The molecule has 37 heavy (non-hydrogen) atoms. The lowest BCUT2D eigenvalue weighted by Crippen LogP contribution is -2.34. The van der Waals surface area contributed by atoms with Crippen LogP contribution < -0.4 is 10.9 Å². The maximum Gasteiger partial charge on any atom is 0.273 e. The fraction of sp³-hybridized carbons (Fsp3) is 0.172. The lowest BCUT2D eigenvalue weighted by molar-refractivity contribution is -0.121. The molecule has 0 aliphatic heterocycles. The number of aryl methyl sites for hydroxylation is 2. The van der Waals surface area contributed by atoms with E-state index in [2.05, 4.69) is 20.3 Å². The fourth-order valence-corrected chi connectivity index (χ4v) is 4.37. The number of carbonyl (C=O) groups excluding carboxylic acids is 1. The summed E-state index contributed by atoms with van der Waals surface area (Å²) in [5.41, 5.74) is 3.37. The van der Waals surface area contributed by atoms with Gasteiger partial charge in [0.25, 0.3) is 5.56 Å². The molecule has 3 heterocycles. The van der Waals surface area contributed by atoms with Gasteiger partial charge < -0.3 is 10.3 Å². The fourth-order valence-electron chi connectivity index (χ4n) is 4.37. The Morgan fingerprint density at radius 1 is 1.00 bits per heavy atom. The molecule has 0 bridgehead atoms. The molecule has 0 saturated heterocycles. The number of fused-ring (bicyclic) bond motifs is 1. The number of pyridine rings is 1. The summed E-state index contributed by atoms with van der Waals surface area (Å²) in [5.74, 6) is -0.848. The Hall–Kier alpha value is -4.59. The standard InChI is InChI=1S/C29H26FN5O2/c30-24-11-5-4-10-23(24)27-18-32-26(12-6-9-20-7-2-1-3-8-20)29(37)35(27)19-28(36)33-17-22-15-21-16-31-14-13-25(21)34-22/h1-5,7-8,10-11,13-16,18,34H,6,9,12,17,19H2,(H,33,36). The molecule has 7 nitrogen and oxygen atoms in total. The average Bonchev–Trinajstić information content (AvgIpc) is 3.34. The molecule has 5 aromatic rings. The molecule has 2 N–H and O–H groups in total.